The highest BCUT2D eigenvalue weighted by Gasteiger charge is 2.55. The first-order valence-electron chi connectivity index (χ1n) is 7.43. The van der Waals surface area contributed by atoms with Gasteiger partial charge in [0.2, 0.25) is 5.91 Å². The molecule has 0 radical (unpaired) electrons. The topological polar surface area (TPSA) is 183 Å². The van der Waals surface area contributed by atoms with Crippen LogP contribution in [0, 0.1) is 0 Å². The Morgan fingerprint density at radius 1 is 1.24 bits per heavy atom. The average Bonchev–Trinajstić information content (AvgIpc) is 2.53. The Kier molecular flexibility index (Phi) is 6.99. The standard InChI is InChI=1S/C14H23NO10/c1-5(16)9(19)10(20)11(21)12-8(15-6(2)17)7(18)4-14(23,25-12)13(22)24-3/h7-12,18-21,23H,4H2,1-3H3,(H,15,17)/t7-,8+,9?,10+,11+,12+,14+/m0/s1. The minimum absolute atomic E-state index is 0.630. The lowest BCUT2D eigenvalue weighted by Gasteiger charge is -2.45. The smallest absolute Gasteiger partial charge is 0.366 e. The molecule has 0 aliphatic carbocycles. The van der Waals surface area contributed by atoms with E-state index in [0.717, 1.165) is 21.0 Å². The van der Waals surface area contributed by atoms with E-state index in [9.17, 15) is 39.9 Å². The van der Waals surface area contributed by atoms with E-state index in [1.807, 2.05) is 0 Å². The van der Waals surface area contributed by atoms with Crippen LogP contribution in [0.25, 0.3) is 0 Å². The molecule has 1 unspecified atom stereocenters. The maximum atomic E-state index is 11.7. The van der Waals surface area contributed by atoms with Crippen molar-refractivity contribution in [2.75, 3.05) is 7.11 Å². The van der Waals surface area contributed by atoms with E-state index < -0.39 is 66.4 Å². The highest BCUT2D eigenvalue weighted by molar-refractivity contribution is 5.81. The SMILES string of the molecule is COC(=O)[C@@]1(O)C[C@H](O)[C@@H](NC(C)=O)[C@H]([C@H](O)[C@H](O)C(O)C(C)=O)O1. The van der Waals surface area contributed by atoms with E-state index in [1.165, 1.54) is 0 Å². The largest absolute Gasteiger partial charge is 0.465 e. The summed E-state index contributed by atoms with van der Waals surface area (Å²) in [5, 5.41) is 52.4. The summed E-state index contributed by atoms with van der Waals surface area (Å²) in [6.45, 7) is 2.07. The lowest BCUT2D eigenvalue weighted by Crippen LogP contribution is -2.68. The average molecular weight is 365 g/mol. The zero-order valence-electron chi connectivity index (χ0n) is 13.9. The Hall–Kier alpha value is -1.63. The molecule has 6 N–H and O–H groups in total. The molecule has 1 saturated heterocycles. The van der Waals surface area contributed by atoms with Gasteiger partial charge in [-0.05, 0) is 6.92 Å². The van der Waals surface area contributed by atoms with Crippen LogP contribution in [0.5, 0.6) is 0 Å². The molecule has 144 valence electrons. The fourth-order valence-electron chi connectivity index (χ4n) is 2.58. The molecule has 11 heteroatoms. The van der Waals surface area contributed by atoms with Crippen molar-refractivity contribution >= 4 is 17.7 Å². The van der Waals surface area contributed by atoms with Crippen LogP contribution in [0.3, 0.4) is 0 Å². The number of rotatable bonds is 6. The van der Waals surface area contributed by atoms with Crippen molar-refractivity contribution in [3.63, 3.8) is 0 Å². The number of carbonyl (C=O) groups excluding carboxylic acids is 3. The second-order valence-electron chi connectivity index (χ2n) is 5.89. The van der Waals surface area contributed by atoms with E-state index in [0.29, 0.717) is 0 Å². The molecule has 0 saturated carbocycles. The lowest BCUT2D eigenvalue weighted by molar-refractivity contribution is -0.297. The number of carbonyl (C=O) groups is 3. The van der Waals surface area contributed by atoms with Gasteiger partial charge in [-0.3, -0.25) is 9.59 Å². The molecular formula is C14H23NO10. The molecule has 1 aliphatic heterocycles. The Labute approximate surface area is 143 Å². The van der Waals surface area contributed by atoms with Crippen LogP contribution in [0.2, 0.25) is 0 Å². The Morgan fingerprint density at radius 2 is 1.80 bits per heavy atom. The summed E-state index contributed by atoms with van der Waals surface area (Å²) in [6, 6.07) is -1.34. The molecule has 0 aromatic heterocycles. The van der Waals surface area contributed by atoms with Gasteiger partial charge in [0.15, 0.2) is 5.78 Å². The van der Waals surface area contributed by atoms with Gasteiger partial charge in [-0.2, -0.15) is 0 Å². The normalized spacial score (nSPS) is 33.0. The minimum atomic E-state index is -2.66. The summed E-state index contributed by atoms with van der Waals surface area (Å²) < 4.78 is 9.47. The first kappa shape index (κ1) is 21.4. The third kappa shape index (κ3) is 4.71. The molecule has 1 fully saturated rings. The van der Waals surface area contributed by atoms with Gasteiger partial charge in [-0.15, -0.1) is 0 Å². The van der Waals surface area contributed by atoms with Gasteiger partial charge in [0, 0.05) is 13.3 Å². The van der Waals surface area contributed by atoms with Crippen LogP contribution in [0.1, 0.15) is 20.3 Å². The highest BCUT2D eigenvalue weighted by Crippen LogP contribution is 2.31. The summed E-state index contributed by atoms with van der Waals surface area (Å²) in [5.74, 6) is -5.42. The third-order valence-corrected chi connectivity index (χ3v) is 3.89. The van der Waals surface area contributed by atoms with E-state index in [2.05, 4.69) is 10.1 Å². The number of ether oxygens (including phenoxy) is 2. The number of nitrogens with one attached hydrogen (secondary N) is 1. The van der Waals surface area contributed by atoms with Gasteiger partial charge in [0.05, 0.1) is 19.3 Å². The summed E-state index contributed by atoms with van der Waals surface area (Å²) >= 11 is 0. The fourth-order valence-corrected chi connectivity index (χ4v) is 2.58. The monoisotopic (exact) mass is 365 g/mol. The van der Waals surface area contributed by atoms with Crippen LogP contribution in [-0.2, 0) is 23.9 Å². The van der Waals surface area contributed by atoms with Crippen molar-refractivity contribution in [1.29, 1.82) is 0 Å². The van der Waals surface area contributed by atoms with Crippen LogP contribution in [0.4, 0.5) is 0 Å². The van der Waals surface area contributed by atoms with Crippen LogP contribution >= 0.6 is 0 Å². The second kappa shape index (κ2) is 8.17. The van der Waals surface area contributed by atoms with Crippen LogP contribution in [0.15, 0.2) is 0 Å². The van der Waals surface area contributed by atoms with Crippen molar-refractivity contribution in [3.8, 4) is 0 Å². The number of methoxy groups -OCH3 is 1. The molecule has 7 atom stereocenters. The van der Waals surface area contributed by atoms with E-state index >= 15 is 0 Å². The highest BCUT2D eigenvalue weighted by atomic mass is 16.7. The first-order chi connectivity index (χ1) is 11.4. The van der Waals surface area contributed by atoms with Crippen molar-refractivity contribution in [2.45, 2.75) is 62.6 Å². The minimum Gasteiger partial charge on any atom is -0.465 e. The number of hydrogen-bond donors (Lipinski definition) is 6. The second-order valence-corrected chi connectivity index (χ2v) is 5.89. The predicted molar refractivity (Wildman–Crippen MR) is 78.8 cm³/mol. The van der Waals surface area contributed by atoms with E-state index in [1.54, 1.807) is 0 Å². The van der Waals surface area contributed by atoms with Gasteiger partial charge in [0.1, 0.15) is 24.4 Å². The van der Waals surface area contributed by atoms with Gasteiger partial charge >= 0.3 is 5.97 Å². The maximum Gasteiger partial charge on any atom is 0.366 e. The Balaban J connectivity index is 3.18. The molecule has 1 heterocycles. The quantitative estimate of drug-likeness (QED) is 0.255. The van der Waals surface area contributed by atoms with Crippen LogP contribution < -0.4 is 5.32 Å². The molecular weight excluding hydrogens is 342 g/mol. The molecule has 0 aromatic carbocycles. The van der Waals surface area contributed by atoms with Crippen molar-refractivity contribution < 1.29 is 49.4 Å². The number of aliphatic hydroxyl groups is 5. The maximum absolute atomic E-state index is 11.7. The molecule has 1 amide bonds. The van der Waals surface area contributed by atoms with E-state index in [-0.39, 0.29) is 0 Å². The molecule has 0 spiro atoms. The molecule has 1 rings (SSSR count). The number of esters is 1. The molecule has 25 heavy (non-hydrogen) atoms. The summed E-state index contributed by atoms with van der Waals surface area (Å²) in [5.41, 5.74) is 0. The Bertz CT molecular complexity index is 526. The molecule has 0 aromatic rings. The summed E-state index contributed by atoms with van der Waals surface area (Å²) in [7, 11) is 0.954. The zero-order chi connectivity index (χ0) is 19.5. The van der Waals surface area contributed by atoms with Gasteiger partial charge in [0.25, 0.3) is 5.79 Å². The van der Waals surface area contributed by atoms with Gasteiger partial charge in [-0.25, -0.2) is 4.79 Å². The number of aliphatic hydroxyl groups excluding tert-OH is 4. The third-order valence-electron chi connectivity index (χ3n) is 3.89. The predicted octanol–water partition coefficient (Wildman–Crippen LogP) is -3.83. The summed E-state index contributed by atoms with van der Waals surface area (Å²) in [4.78, 5) is 34.2. The van der Waals surface area contributed by atoms with Crippen molar-refractivity contribution in [2.24, 2.45) is 0 Å². The number of ketones is 1. The first-order valence-corrected chi connectivity index (χ1v) is 7.43. The number of amides is 1. The zero-order valence-corrected chi connectivity index (χ0v) is 13.9. The van der Waals surface area contributed by atoms with Crippen molar-refractivity contribution in [1.82, 2.24) is 5.32 Å². The fraction of sp³-hybridized carbons (Fsp3) is 0.786. The number of hydrogen-bond acceptors (Lipinski definition) is 10. The summed E-state index contributed by atoms with van der Waals surface area (Å²) in [6.07, 6.45) is -10.1. The van der Waals surface area contributed by atoms with Crippen LogP contribution in [-0.4, -0.2) is 92.7 Å². The van der Waals surface area contributed by atoms with Gasteiger partial charge in [-0.1, -0.05) is 0 Å². The van der Waals surface area contributed by atoms with E-state index in [4.69, 9.17) is 4.74 Å². The number of Topliss-reactive ketones (excluding diaryl/α,β-unsaturated/α-hetero) is 1. The lowest BCUT2D eigenvalue weighted by atomic mass is 9.87. The van der Waals surface area contributed by atoms with Crippen molar-refractivity contribution in [3.05, 3.63) is 0 Å². The Morgan fingerprint density at radius 3 is 2.24 bits per heavy atom. The van der Waals surface area contributed by atoms with Gasteiger partial charge < -0.3 is 40.3 Å². The molecule has 1 aliphatic rings. The molecule has 11 nitrogen and oxygen atoms in total. The molecule has 0 bridgehead atoms.